The summed E-state index contributed by atoms with van der Waals surface area (Å²) in [6.07, 6.45) is 0. The van der Waals surface area contributed by atoms with E-state index in [0.717, 1.165) is 0 Å². The first-order chi connectivity index (χ1) is 11.0. The standard InChI is InChI=1S/C16H12N2O5/c1-9-7-8-12(22-2)13(17-9)16(21)23-18-14(19)10-5-3-4-6-11(10)15(18)20/h3-8H,1-2H3. The lowest BCUT2D eigenvalue weighted by Gasteiger charge is -2.13. The van der Waals surface area contributed by atoms with Gasteiger partial charge in [0.15, 0.2) is 11.4 Å². The van der Waals surface area contributed by atoms with Crippen molar-refractivity contribution < 1.29 is 24.0 Å². The third-order valence-corrected chi connectivity index (χ3v) is 3.34. The molecule has 2 heterocycles. The average molecular weight is 312 g/mol. The number of benzene rings is 1. The van der Waals surface area contributed by atoms with E-state index in [9.17, 15) is 14.4 Å². The van der Waals surface area contributed by atoms with Crippen LogP contribution in [0.2, 0.25) is 0 Å². The molecular formula is C16H12N2O5. The predicted molar refractivity (Wildman–Crippen MR) is 77.9 cm³/mol. The van der Waals surface area contributed by atoms with Gasteiger partial charge in [-0.25, -0.2) is 9.78 Å². The monoisotopic (exact) mass is 312 g/mol. The zero-order valence-electron chi connectivity index (χ0n) is 12.4. The minimum atomic E-state index is -0.944. The Bertz CT molecular complexity index is 796. The number of pyridine rings is 1. The number of hydrogen-bond acceptors (Lipinski definition) is 6. The van der Waals surface area contributed by atoms with Crippen molar-refractivity contribution in [2.75, 3.05) is 7.11 Å². The smallest absolute Gasteiger partial charge is 0.385 e. The highest BCUT2D eigenvalue weighted by atomic mass is 16.7. The Balaban J connectivity index is 1.89. The van der Waals surface area contributed by atoms with Gasteiger partial charge in [-0.1, -0.05) is 17.2 Å². The number of aromatic nitrogens is 1. The predicted octanol–water partition coefficient (Wildman–Crippen LogP) is 1.77. The van der Waals surface area contributed by atoms with Crippen molar-refractivity contribution in [2.24, 2.45) is 0 Å². The molecule has 0 fully saturated rings. The number of nitrogens with zero attached hydrogens (tertiary/aromatic N) is 2. The van der Waals surface area contributed by atoms with E-state index in [1.54, 1.807) is 31.2 Å². The molecule has 3 rings (SSSR count). The number of imide groups is 1. The van der Waals surface area contributed by atoms with E-state index in [-0.39, 0.29) is 22.6 Å². The second-order valence-electron chi connectivity index (χ2n) is 4.83. The Morgan fingerprint density at radius 1 is 1.04 bits per heavy atom. The van der Waals surface area contributed by atoms with Crippen LogP contribution < -0.4 is 4.74 Å². The number of carbonyl (C=O) groups excluding carboxylic acids is 3. The van der Waals surface area contributed by atoms with E-state index in [1.807, 2.05) is 0 Å². The van der Waals surface area contributed by atoms with Crippen LogP contribution in [-0.2, 0) is 4.84 Å². The zero-order valence-corrected chi connectivity index (χ0v) is 12.4. The largest absolute Gasteiger partial charge is 0.494 e. The van der Waals surface area contributed by atoms with Gasteiger partial charge in [-0.3, -0.25) is 9.59 Å². The molecule has 0 bridgehead atoms. The van der Waals surface area contributed by atoms with Crippen LogP contribution in [0.4, 0.5) is 0 Å². The Hall–Kier alpha value is -3.22. The van der Waals surface area contributed by atoms with Gasteiger partial charge in [0, 0.05) is 5.69 Å². The summed E-state index contributed by atoms with van der Waals surface area (Å²) in [4.78, 5) is 45.6. The van der Waals surface area contributed by atoms with Gasteiger partial charge in [0.25, 0.3) is 11.8 Å². The summed E-state index contributed by atoms with van der Waals surface area (Å²) in [5.41, 5.74) is 0.841. The first-order valence-corrected chi connectivity index (χ1v) is 6.74. The Labute approximate surface area is 131 Å². The molecule has 1 aliphatic heterocycles. The van der Waals surface area contributed by atoms with Crippen molar-refractivity contribution in [2.45, 2.75) is 6.92 Å². The van der Waals surface area contributed by atoms with E-state index in [4.69, 9.17) is 9.57 Å². The van der Waals surface area contributed by atoms with Crippen LogP contribution in [-0.4, -0.2) is 34.9 Å². The van der Waals surface area contributed by atoms with Gasteiger partial charge in [-0.05, 0) is 31.2 Å². The summed E-state index contributed by atoms with van der Waals surface area (Å²) in [5, 5.41) is 0.441. The van der Waals surface area contributed by atoms with Crippen molar-refractivity contribution in [1.82, 2.24) is 10.0 Å². The maximum absolute atomic E-state index is 12.3. The van der Waals surface area contributed by atoms with E-state index in [1.165, 1.54) is 19.2 Å². The van der Waals surface area contributed by atoms with E-state index >= 15 is 0 Å². The molecule has 0 spiro atoms. The lowest BCUT2D eigenvalue weighted by atomic mass is 10.1. The summed E-state index contributed by atoms with van der Waals surface area (Å²) in [7, 11) is 1.38. The highest BCUT2D eigenvalue weighted by Gasteiger charge is 2.39. The average Bonchev–Trinajstić information content (AvgIpc) is 2.80. The van der Waals surface area contributed by atoms with E-state index in [0.29, 0.717) is 10.8 Å². The van der Waals surface area contributed by atoms with Crippen molar-refractivity contribution in [3.05, 3.63) is 58.9 Å². The Morgan fingerprint density at radius 3 is 2.22 bits per heavy atom. The number of aryl methyl sites for hydroxylation is 1. The molecule has 0 atom stereocenters. The minimum Gasteiger partial charge on any atom is -0.494 e. The number of hydroxylamine groups is 2. The number of rotatable bonds is 3. The lowest BCUT2D eigenvalue weighted by Crippen LogP contribution is -2.33. The van der Waals surface area contributed by atoms with Gasteiger partial charge in [-0.15, -0.1) is 0 Å². The molecule has 116 valence electrons. The first kappa shape index (κ1) is 14.7. The second-order valence-corrected chi connectivity index (χ2v) is 4.83. The van der Waals surface area contributed by atoms with Crippen LogP contribution in [0.5, 0.6) is 5.75 Å². The molecule has 1 aromatic carbocycles. The minimum absolute atomic E-state index is 0.107. The molecule has 1 aliphatic rings. The molecule has 2 amide bonds. The lowest BCUT2D eigenvalue weighted by molar-refractivity contribution is -0.0590. The molecule has 0 N–H and O–H groups in total. The van der Waals surface area contributed by atoms with Crippen LogP contribution in [0.25, 0.3) is 0 Å². The normalized spacial score (nSPS) is 13.0. The highest BCUT2D eigenvalue weighted by molar-refractivity contribution is 6.21. The molecule has 0 saturated carbocycles. The zero-order chi connectivity index (χ0) is 16.6. The summed E-state index contributed by atoms with van der Waals surface area (Å²) in [6.45, 7) is 1.69. The fourth-order valence-corrected chi connectivity index (χ4v) is 2.23. The summed E-state index contributed by atoms with van der Waals surface area (Å²) in [6, 6.07) is 9.46. The fourth-order valence-electron chi connectivity index (χ4n) is 2.23. The molecule has 0 aliphatic carbocycles. The maximum atomic E-state index is 12.3. The van der Waals surface area contributed by atoms with E-state index < -0.39 is 17.8 Å². The molecule has 23 heavy (non-hydrogen) atoms. The maximum Gasteiger partial charge on any atom is 0.385 e. The Morgan fingerprint density at radius 2 is 1.65 bits per heavy atom. The van der Waals surface area contributed by atoms with Crippen molar-refractivity contribution in [3.8, 4) is 5.75 Å². The van der Waals surface area contributed by atoms with E-state index in [2.05, 4.69) is 4.98 Å². The molecule has 1 aromatic heterocycles. The van der Waals surface area contributed by atoms with Gasteiger partial charge in [0.05, 0.1) is 18.2 Å². The number of amides is 2. The van der Waals surface area contributed by atoms with Gasteiger partial charge in [0.1, 0.15) is 0 Å². The highest BCUT2D eigenvalue weighted by Crippen LogP contribution is 2.24. The quantitative estimate of drug-likeness (QED) is 0.803. The van der Waals surface area contributed by atoms with Crippen molar-refractivity contribution in [3.63, 3.8) is 0 Å². The summed E-state index contributed by atoms with van der Waals surface area (Å²) >= 11 is 0. The number of carbonyl (C=O) groups is 3. The van der Waals surface area contributed by atoms with Gasteiger partial charge in [0.2, 0.25) is 0 Å². The van der Waals surface area contributed by atoms with Crippen LogP contribution in [0, 0.1) is 6.92 Å². The van der Waals surface area contributed by atoms with Gasteiger partial charge in [-0.2, -0.15) is 0 Å². The third-order valence-electron chi connectivity index (χ3n) is 3.34. The molecule has 0 radical (unpaired) electrons. The Kier molecular flexibility index (Phi) is 3.53. The SMILES string of the molecule is COc1ccc(C)nc1C(=O)ON1C(=O)c2ccccc2C1=O. The number of ether oxygens (including phenoxy) is 1. The molecule has 0 unspecified atom stereocenters. The fraction of sp³-hybridized carbons (Fsp3) is 0.125. The molecule has 7 nitrogen and oxygen atoms in total. The number of hydrogen-bond donors (Lipinski definition) is 0. The third kappa shape index (κ3) is 2.42. The van der Waals surface area contributed by atoms with Gasteiger partial charge < -0.3 is 9.57 Å². The topological polar surface area (TPSA) is 85.8 Å². The molecule has 7 heteroatoms. The van der Waals surface area contributed by atoms with Crippen LogP contribution in [0.3, 0.4) is 0 Å². The summed E-state index contributed by atoms with van der Waals surface area (Å²) < 4.78 is 5.05. The van der Waals surface area contributed by atoms with Crippen LogP contribution in [0.1, 0.15) is 36.9 Å². The van der Waals surface area contributed by atoms with Crippen LogP contribution >= 0.6 is 0 Å². The second kappa shape index (κ2) is 5.53. The molecular weight excluding hydrogens is 300 g/mol. The summed E-state index contributed by atoms with van der Waals surface area (Å²) in [5.74, 6) is -2.13. The number of methoxy groups -OCH3 is 1. The van der Waals surface area contributed by atoms with Crippen LogP contribution in [0.15, 0.2) is 36.4 Å². The molecule has 0 saturated heterocycles. The van der Waals surface area contributed by atoms with Crippen molar-refractivity contribution in [1.29, 1.82) is 0 Å². The van der Waals surface area contributed by atoms with Crippen molar-refractivity contribution >= 4 is 17.8 Å². The van der Waals surface area contributed by atoms with Gasteiger partial charge >= 0.3 is 5.97 Å². The molecule has 2 aromatic rings. The first-order valence-electron chi connectivity index (χ1n) is 6.74. The number of fused-ring (bicyclic) bond motifs is 1.